The second-order valence-electron chi connectivity index (χ2n) is 2.92. The van der Waals surface area contributed by atoms with E-state index in [1.165, 1.54) is 0 Å². The van der Waals surface area contributed by atoms with Gasteiger partial charge in [0.2, 0.25) is 5.95 Å². The molecule has 0 amide bonds. The summed E-state index contributed by atoms with van der Waals surface area (Å²) >= 11 is 1.58. The lowest BCUT2D eigenvalue weighted by Crippen LogP contribution is -1.99. The number of hydrogen-bond donors (Lipinski definition) is 1. The van der Waals surface area contributed by atoms with Gasteiger partial charge in [0.1, 0.15) is 0 Å². The molecule has 74 valence electrons. The number of hydrogen-bond acceptors (Lipinski definition) is 5. The summed E-state index contributed by atoms with van der Waals surface area (Å²) < 4.78 is 1.92. The third-order valence-electron chi connectivity index (χ3n) is 2.05. The van der Waals surface area contributed by atoms with Gasteiger partial charge in [-0.3, -0.25) is 4.57 Å². The van der Waals surface area contributed by atoms with Crippen molar-refractivity contribution in [2.45, 2.75) is 6.92 Å². The molecule has 0 fully saturated rings. The molecule has 0 radical (unpaired) electrons. The van der Waals surface area contributed by atoms with Gasteiger partial charge in [-0.1, -0.05) is 0 Å². The first-order chi connectivity index (χ1) is 6.74. The summed E-state index contributed by atoms with van der Waals surface area (Å²) in [6.45, 7) is 1.97. The summed E-state index contributed by atoms with van der Waals surface area (Å²) in [7, 11) is 3.76. The Balaban J connectivity index is 2.52. The van der Waals surface area contributed by atoms with Crippen molar-refractivity contribution in [2.75, 3.05) is 12.4 Å². The Kier molecular flexibility index (Phi) is 2.20. The van der Waals surface area contributed by atoms with Crippen LogP contribution in [-0.2, 0) is 7.05 Å². The first-order valence-corrected chi connectivity index (χ1v) is 5.09. The van der Waals surface area contributed by atoms with E-state index in [1.807, 2.05) is 31.1 Å². The fourth-order valence-corrected chi connectivity index (χ4v) is 2.08. The molecular formula is C8H11N5S. The van der Waals surface area contributed by atoms with E-state index in [-0.39, 0.29) is 0 Å². The van der Waals surface area contributed by atoms with Gasteiger partial charge in [-0.15, -0.1) is 21.5 Å². The minimum Gasteiger partial charge on any atom is -0.357 e. The molecule has 0 aliphatic rings. The Morgan fingerprint density at radius 3 is 2.71 bits per heavy atom. The van der Waals surface area contributed by atoms with E-state index in [1.54, 1.807) is 11.3 Å². The van der Waals surface area contributed by atoms with Gasteiger partial charge in [-0.25, -0.2) is 4.98 Å². The highest BCUT2D eigenvalue weighted by atomic mass is 32.1. The van der Waals surface area contributed by atoms with Crippen LogP contribution < -0.4 is 5.32 Å². The van der Waals surface area contributed by atoms with E-state index >= 15 is 0 Å². The Labute approximate surface area is 85.8 Å². The molecule has 0 unspecified atom stereocenters. The van der Waals surface area contributed by atoms with E-state index in [0.29, 0.717) is 0 Å². The van der Waals surface area contributed by atoms with Crippen LogP contribution in [0.3, 0.4) is 0 Å². The van der Waals surface area contributed by atoms with Crippen LogP contribution in [-0.4, -0.2) is 26.8 Å². The molecule has 0 aliphatic heterocycles. The molecule has 6 heteroatoms. The van der Waals surface area contributed by atoms with Gasteiger partial charge in [0, 0.05) is 14.1 Å². The molecule has 14 heavy (non-hydrogen) atoms. The highest BCUT2D eigenvalue weighted by molar-refractivity contribution is 7.13. The first-order valence-electron chi connectivity index (χ1n) is 4.21. The largest absolute Gasteiger partial charge is 0.357 e. The number of nitrogens with one attached hydrogen (secondary N) is 1. The third kappa shape index (κ3) is 1.27. The Hall–Kier alpha value is -1.43. The molecule has 0 atom stereocenters. The van der Waals surface area contributed by atoms with Crippen LogP contribution in [0.25, 0.3) is 10.7 Å². The second-order valence-corrected chi connectivity index (χ2v) is 3.78. The van der Waals surface area contributed by atoms with Crippen molar-refractivity contribution in [3.05, 3.63) is 11.2 Å². The molecule has 2 heterocycles. The molecule has 0 bridgehead atoms. The van der Waals surface area contributed by atoms with E-state index in [0.717, 1.165) is 22.3 Å². The van der Waals surface area contributed by atoms with Crippen molar-refractivity contribution in [1.82, 2.24) is 19.7 Å². The van der Waals surface area contributed by atoms with Crippen LogP contribution >= 0.6 is 11.3 Å². The van der Waals surface area contributed by atoms with Crippen LogP contribution in [0.5, 0.6) is 0 Å². The van der Waals surface area contributed by atoms with Gasteiger partial charge in [0.25, 0.3) is 0 Å². The third-order valence-corrected chi connectivity index (χ3v) is 2.97. The van der Waals surface area contributed by atoms with Gasteiger partial charge in [0.05, 0.1) is 16.1 Å². The highest BCUT2D eigenvalue weighted by Gasteiger charge is 2.13. The van der Waals surface area contributed by atoms with Gasteiger partial charge < -0.3 is 5.32 Å². The standard InChI is InChI=1S/C8H11N5S/c1-5-6(14-4-10-5)7-11-12-8(9-2)13(7)3/h4H,1-3H3,(H,9,12). The molecule has 1 N–H and O–H groups in total. The van der Waals surface area contributed by atoms with Gasteiger partial charge in [-0.05, 0) is 6.92 Å². The van der Waals surface area contributed by atoms with Crippen LogP contribution in [0.4, 0.5) is 5.95 Å². The van der Waals surface area contributed by atoms with Gasteiger partial charge >= 0.3 is 0 Å². The predicted octanol–water partition coefficient (Wildman–Crippen LogP) is 1.29. The number of aryl methyl sites for hydroxylation is 1. The van der Waals surface area contributed by atoms with E-state index in [2.05, 4.69) is 20.5 Å². The summed E-state index contributed by atoms with van der Waals surface area (Å²) in [5, 5.41) is 11.1. The zero-order valence-electron chi connectivity index (χ0n) is 8.27. The minimum atomic E-state index is 0.757. The quantitative estimate of drug-likeness (QED) is 0.809. The van der Waals surface area contributed by atoms with E-state index in [4.69, 9.17) is 0 Å². The smallest absolute Gasteiger partial charge is 0.224 e. The van der Waals surface area contributed by atoms with Crippen LogP contribution in [0.2, 0.25) is 0 Å². The highest BCUT2D eigenvalue weighted by Crippen LogP contribution is 2.26. The van der Waals surface area contributed by atoms with Gasteiger partial charge in [0.15, 0.2) is 5.82 Å². The molecule has 0 saturated heterocycles. The molecule has 0 spiro atoms. The second kappa shape index (κ2) is 3.38. The Bertz CT molecular complexity index is 444. The molecule has 0 aliphatic carbocycles. The topological polar surface area (TPSA) is 55.6 Å². The Morgan fingerprint density at radius 1 is 1.43 bits per heavy atom. The number of nitrogens with zero attached hydrogens (tertiary/aromatic N) is 4. The summed E-state index contributed by atoms with van der Waals surface area (Å²) in [5.41, 5.74) is 2.81. The average molecular weight is 209 g/mol. The molecular weight excluding hydrogens is 198 g/mol. The predicted molar refractivity (Wildman–Crippen MR) is 56.4 cm³/mol. The van der Waals surface area contributed by atoms with Crippen molar-refractivity contribution in [3.63, 3.8) is 0 Å². The maximum atomic E-state index is 4.19. The van der Waals surface area contributed by atoms with Crippen LogP contribution in [0, 0.1) is 6.92 Å². The van der Waals surface area contributed by atoms with E-state index in [9.17, 15) is 0 Å². The lowest BCUT2D eigenvalue weighted by Gasteiger charge is -2.00. The average Bonchev–Trinajstić information content (AvgIpc) is 2.72. The molecule has 2 aromatic heterocycles. The number of thiazole rings is 1. The van der Waals surface area contributed by atoms with E-state index < -0.39 is 0 Å². The maximum Gasteiger partial charge on any atom is 0.224 e. The van der Waals surface area contributed by atoms with Crippen molar-refractivity contribution in [2.24, 2.45) is 7.05 Å². The number of anilines is 1. The fraction of sp³-hybridized carbons (Fsp3) is 0.375. The monoisotopic (exact) mass is 209 g/mol. The summed E-state index contributed by atoms with van der Waals surface area (Å²) in [6, 6.07) is 0. The van der Waals surface area contributed by atoms with Crippen LogP contribution in [0.1, 0.15) is 5.69 Å². The summed E-state index contributed by atoms with van der Waals surface area (Å²) in [5.74, 6) is 1.61. The molecule has 5 nitrogen and oxygen atoms in total. The fourth-order valence-electron chi connectivity index (χ4n) is 1.26. The zero-order valence-corrected chi connectivity index (χ0v) is 9.09. The normalized spacial score (nSPS) is 10.5. The molecule has 2 aromatic rings. The minimum absolute atomic E-state index is 0.757. The lowest BCUT2D eigenvalue weighted by atomic mass is 10.4. The van der Waals surface area contributed by atoms with Crippen molar-refractivity contribution >= 4 is 17.3 Å². The summed E-state index contributed by atoms with van der Waals surface area (Å²) in [6.07, 6.45) is 0. The molecule has 0 saturated carbocycles. The maximum absolute atomic E-state index is 4.19. The molecule has 2 rings (SSSR count). The van der Waals surface area contributed by atoms with Crippen molar-refractivity contribution < 1.29 is 0 Å². The first kappa shape index (κ1) is 9.14. The lowest BCUT2D eigenvalue weighted by molar-refractivity contribution is 0.925. The number of aromatic nitrogens is 4. The summed E-state index contributed by atoms with van der Waals surface area (Å²) in [4.78, 5) is 5.26. The SMILES string of the molecule is CNc1nnc(-c2scnc2C)n1C. The van der Waals surface area contributed by atoms with Gasteiger partial charge in [-0.2, -0.15) is 0 Å². The molecule has 0 aromatic carbocycles. The van der Waals surface area contributed by atoms with Crippen molar-refractivity contribution in [1.29, 1.82) is 0 Å². The number of rotatable bonds is 2. The van der Waals surface area contributed by atoms with Crippen molar-refractivity contribution in [3.8, 4) is 10.7 Å². The van der Waals surface area contributed by atoms with Crippen LogP contribution in [0.15, 0.2) is 5.51 Å². The zero-order chi connectivity index (χ0) is 10.1. The Morgan fingerprint density at radius 2 is 2.21 bits per heavy atom.